The SMILES string of the molecule is CC[C@H](C)Oc1c(C)cc(NC(=O)C2(c3ccc(Cl)cc3)CCCC2)cc1C. The molecule has 0 radical (unpaired) electrons. The highest BCUT2D eigenvalue weighted by atomic mass is 35.5. The van der Waals surface area contributed by atoms with E-state index in [0.717, 1.165) is 60.2 Å². The molecule has 2 aromatic rings. The molecule has 3 nitrogen and oxygen atoms in total. The van der Waals surface area contributed by atoms with Crippen LogP contribution in [0, 0.1) is 13.8 Å². The normalized spacial score (nSPS) is 16.6. The van der Waals surface area contributed by atoms with Gasteiger partial charge in [0, 0.05) is 10.7 Å². The third-order valence-corrected chi connectivity index (χ3v) is 6.15. The molecule has 0 bridgehead atoms. The van der Waals surface area contributed by atoms with E-state index in [4.69, 9.17) is 16.3 Å². The number of aryl methyl sites for hydroxylation is 2. The van der Waals surface area contributed by atoms with Crippen molar-refractivity contribution in [2.24, 2.45) is 0 Å². The van der Waals surface area contributed by atoms with Crippen LogP contribution < -0.4 is 10.1 Å². The lowest BCUT2D eigenvalue weighted by Crippen LogP contribution is -2.38. The van der Waals surface area contributed by atoms with E-state index in [-0.39, 0.29) is 12.0 Å². The van der Waals surface area contributed by atoms with Crippen LogP contribution in [-0.2, 0) is 10.2 Å². The summed E-state index contributed by atoms with van der Waals surface area (Å²) in [6.45, 7) is 8.25. The van der Waals surface area contributed by atoms with Crippen molar-refractivity contribution in [2.45, 2.75) is 71.3 Å². The lowest BCUT2D eigenvalue weighted by atomic mass is 9.78. The van der Waals surface area contributed by atoms with Crippen LogP contribution in [0.1, 0.15) is 62.6 Å². The number of benzene rings is 2. The van der Waals surface area contributed by atoms with Crippen molar-refractivity contribution in [2.75, 3.05) is 5.32 Å². The molecular formula is C24H30ClNO2. The molecule has 3 rings (SSSR count). The lowest BCUT2D eigenvalue weighted by molar-refractivity contribution is -0.121. The Labute approximate surface area is 173 Å². The molecule has 0 spiro atoms. The van der Waals surface area contributed by atoms with E-state index >= 15 is 0 Å². The van der Waals surface area contributed by atoms with Gasteiger partial charge in [0.05, 0.1) is 11.5 Å². The summed E-state index contributed by atoms with van der Waals surface area (Å²) >= 11 is 6.06. The summed E-state index contributed by atoms with van der Waals surface area (Å²) in [6.07, 6.45) is 5.00. The van der Waals surface area contributed by atoms with Crippen molar-refractivity contribution in [1.82, 2.24) is 0 Å². The molecule has 0 aromatic heterocycles. The maximum Gasteiger partial charge on any atom is 0.235 e. The molecule has 0 unspecified atom stereocenters. The van der Waals surface area contributed by atoms with Gasteiger partial charge in [-0.2, -0.15) is 0 Å². The van der Waals surface area contributed by atoms with E-state index in [9.17, 15) is 4.79 Å². The first-order valence-corrected chi connectivity index (χ1v) is 10.6. The summed E-state index contributed by atoms with van der Waals surface area (Å²) in [5.41, 5.74) is 3.50. The number of hydrogen-bond acceptors (Lipinski definition) is 2. The molecule has 1 fully saturated rings. The van der Waals surface area contributed by atoms with Gasteiger partial charge in [0.1, 0.15) is 5.75 Å². The molecule has 1 amide bonds. The fraction of sp³-hybridized carbons (Fsp3) is 0.458. The standard InChI is InChI=1S/C24H30ClNO2/c1-5-18(4)28-22-16(2)14-21(15-17(22)3)26-23(27)24(12-6-7-13-24)19-8-10-20(25)11-9-19/h8-11,14-15,18H,5-7,12-13H2,1-4H3,(H,26,27)/t18-/m0/s1. The zero-order valence-electron chi connectivity index (χ0n) is 17.3. The molecule has 1 aliphatic rings. The van der Waals surface area contributed by atoms with E-state index < -0.39 is 5.41 Å². The Morgan fingerprint density at radius 1 is 1.14 bits per heavy atom. The Morgan fingerprint density at radius 3 is 2.25 bits per heavy atom. The minimum absolute atomic E-state index is 0.0710. The van der Waals surface area contributed by atoms with E-state index in [0.29, 0.717) is 5.02 Å². The monoisotopic (exact) mass is 399 g/mol. The van der Waals surface area contributed by atoms with Gasteiger partial charge in [0.2, 0.25) is 5.91 Å². The van der Waals surface area contributed by atoms with E-state index in [1.807, 2.05) is 50.2 Å². The highest BCUT2D eigenvalue weighted by Gasteiger charge is 2.42. The summed E-state index contributed by atoms with van der Waals surface area (Å²) < 4.78 is 6.06. The first-order valence-electron chi connectivity index (χ1n) is 10.2. The largest absolute Gasteiger partial charge is 0.490 e. The van der Waals surface area contributed by atoms with Crippen LogP contribution in [0.5, 0.6) is 5.75 Å². The highest BCUT2D eigenvalue weighted by Crippen LogP contribution is 2.42. The van der Waals surface area contributed by atoms with Crippen LogP contribution in [0.3, 0.4) is 0 Å². The van der Waals surface area contributed by atoms with Crippen molar-refractivity contribution in [3.63, 3.8) is 0 Å². The number of amides is 1. The summed E-state index contributed by atoms with van der Waals surface area (Å²) in [6, 6.07) is 11.7. The van der Waals surface area contributed by atoms with Crippen LogP contribution in [0.25, 0.3) is 0 Å². The fourth-order valence-corrected chi connectivity index (χ4v) is 4.26. The molecule has 1 saturated carbocycles. The van der Waals surface area contributed by atoms with Gasteiger partial charge in [0.15, 0.2) is 0 Å². The van der Waals surface area contributed by atoms with Crippen molar-refractivity contribution >= 4 is 23.2 Å². The Bertz CT molecular complexity index is 815. The quantitative estimate of drug-likeness (QED) is 0.595. The second-order valence-corrected chi connectivity index (χ2v) is 8.46. The smallest absolute Gasteiger partial charge is 0.235 e. The maximum atomic E-state index is 13.4. The van der Waals surface area contributed by atoms with Crippen molar-refractivity contribution in [3.05, 3.63) is 58.1 Å². The van der Waals surface area contributed by atoms with Gasteiger partial charge in [-0.25, -0.2) is 0 Å². The van der Waals surface area contributed by atoms with Gasteiger partial charge in [-0.15, -0.1) is 0 Å². The van der Waals surface area contributed by atoms with Crippen LogP contribution >= 0.6 is 11.6 Å². The Hall–Kier alpha value is -2.00. The first kappa shape index (κ1) is 20.7. The molecule has 4 heteroatoms. The van der Waals surface area contributed by atoms with Crippen molar-refractivity contribution in [3.8, 4) is 5.75 Å². The van der Waals surface area contributed by atoms with Gasteiger partial charge in [0.25, 0.3) is 0 Å². The molecule has 28 heavy (non-hydrogen) atoms. The Kier molecular flexibility index (Phi) is 6.34. The second kappa shape index (κ2) is 8.57. The third kappa shape index (κ3) is 4.20. The van der Waals surface area contributed by atoms with Crippen LogP contribution in [-0.4, -0.2) is 12.0 Å². The molecule has 0 saturated heterocycles. The highest BCUT2D eigenvalue weighted by molar-refractivity contribution is 6.30. The number of hydrogen-bond donors (Lipinski definition) is 1. The van der Waals surface area contributed by atoms with Crippen molar-refractivity contribution in [1.29, 1.82) is 0 Å². The molecule has 0 heterocycles. The number of halogens is 1. The first-order chi connectivity index (χ1) is 13.4. The molecule has 1 aliphatic carbocycles. The summed E-state index contributed by atoms with van der Waals surface area (Å²) in [5.74, 6) is 0.988. The minimum Gasteiger partial charge on any atom is -0.490 e. The number of anilines is 1. The second-order valence-electron chi connectivity index (χ2n) is 8.03. The number of nitrogens with one attached hydrogen (secondary N) is 1. The maximum absolute atomic E-state index is 13.4. The number of rotatable bonds is 6. The zero-order valence-corrected chi connectivity index (χ0v) is 18.0. The average molecular weight is 400 g/mol. The number of carbonyl (C=O) groups excluding carboxylic acids is 1. The third-order valence-electron chi connectivity index (χ3n) is 5.90. The van der Waals surface area contributed by atoms with Crippen molar-refractivity contribution < 1.29 is 9.53 Å². The Morgan fingerprint density at radius 2 is 1.71 bits per heavy atom. The summed E-state index contributed by atoms with van der Waals surface area (Å²) in [7, 11) is 0. The van der Waals surface area contributed by atoms with Gasteiger partial charge >= 0.3 is 0 Å². The molecule has 1 N–H and O–H groups in total. The van der Waals surface area contributed by atoms with E-state index in [2.05, 4.69) is 19.2 Å². The molecule has 2 aromatic carbocycles. The fourth-order valence-electron chi connectivity index (χ4n) is 4.14. The van der Waals surface area contributed by atoms with Gasteiger partial charge in [-0.3, -0.25) is 4.79 Å². The van der Waals surface area contributed by atoms with Crippen LogP contribution in [0.15, 0.2) is 36.4 Å². The topological polar surface area (TPSA) is 38.3 Å². The predicted molar refractivity (Wildman–Crippen MR) is 117 cm³/mol. The molecule has 1 atom stereocenters. The average Bonchev–Trinajstić information content (AvgIpc) is 3.16. The van der Waals surface area contributed by atoms with Gasteiger partial charge < -0.3 is 10.1 Å². The van der Waals surface area contributed by atoms with E-state index in [1.165, 1.54) is 0 Å². The molecular weight excluding hydrogens is 370 g/mol. The van der Waals surface area contributed by atoms with Gasteiger partial charge in [-0.05, 0) is 81.0 Å². The van der Waals surface area contributed by atoms with Gasteiger partial charge in [-0.1, -0.05) is 43.5 Å². The summed E-state index contributed by atoms with van der Waals surface area (Å²) in [4.78, 5) is 13.4. The zero-order chi connectivity index (χ0) is 20.3. The number of carbonyl (C=O) groups is 1. The Balaban J connectivity index is 1.85. The molecule has 0 aliphatic heterocycles. The minimum atomic E-state index is -0.474. The lowest BCUT2D eigenvalue weighted by Gasteiger charge is -2.29. The van der Waals surface area contributed by atoms with E-state index in [1.54, 1.807) is 0 Å². The molecule has 150 valence electrons. The number of ether oxygens (including phenoxy) is 1. The summed E-state index contributed by atoms with van der Waals surface area (Å²) in [5, 5.41) is 3.88. The predicted octanol–water partition coefficient (Wildman–Crippen LogP) is 6.58. The van der Waals surface area contributed by atoms with Crippen LogP contribution in [0.4, 0.5) is 5.69 Å². The van der Waals surface area contributed by atoms with Crippen LogP contribution in [0.2, 0.25) is 5.02 Å².